The molecule has 5 aromatic rings. The fourth-order valence-electron chi connectivity index (χ4n) is 3.70. The molecule has 32 heavy (non-hydrogen) atoms. The maximum atomic E-state index is 14.1. The number of aromatic amines is 1. The lowest BCUT2D eigenvalue weighted by molar-refractivity contribution is -0.661. The van der Waals surface area contributed by atoms with Gasteiger partial charge in [-0.05, 0) is 30.3 Å². The average Bonchev–Trinajstić information content (AvgIpc) is 3.40. The summed E-state index contributed by atoms with van der Waals surface area (Å²) in [5.41, 5.74) is 9.60. The molecule has 0 spiro atoms. The number of H-pyrrole nitrogens is 1. The van der Waals surface area contributed by atoms with Crippen molar-refractivity contribution in [2.45, 2.75) is 6.54 Å². The van der Waals surface area contributed by atoms with Gasteiger partial charge in [0.2, 0.25) is 0 Å². The third kappa shape index (κ3) is 3.42. The Bertz CT molecular complexity index is 1450. The summed E-state index contributed by atoms with van der Waals surface area (Å²) >= 11 is 6.13. The number of para-hydroxylation sites is 1. The number of hydrogen-bond donors (Lipinski definition) is 2. The summed E-state index contributed by atoms with van der Waals surface area (Å²) < 4.78 is 23.0. The number of fused-ring (bicyclic) bond motifs is 1. The zero-order valence-electron chi connectivity index (χ0n) is 17.0. The molecule has 0 bridgehead atoms. The van der Waals surface area contributed by atoms with E-state index in [0.29, 0.717) is 39.9 Å². The Morgan fingerprint density at radius 1 is 1.19 bits per heavy atom. The van der Waals surface area contributed by atoms with Crippen molar-refractivity contribution in [3.63, 3.8) is 0 Å². The SMILES string of the molecule is COc1cc(Cl)ccc1-c1cn(Cc2c[n+](-c3ccccc3F)n[nH]2)c2ncnc(N)c12. The minimum Gasteiger partial charge on any atom is -0.496 e. The van der Waals surface area contributed by atoms with Crippen LogP contribution < -0.4 is 15.2 Å². The highest BCUT2D eigenvalue weighted by atomic mass is 35.5. The molecule has 0 radical (unpaired) electrons. The van der Waals surface area contributed by atoms with Gasteiger partial charge in [0.05, 0.1) is 24.3 Å². The van der Waals surface area contributed by atoms with E-state index in [2.05, 4.69) is 20.3 Å². The van der Waals surface area contributed by atoms with Crippen LogP contribution in [0.25, 0.3) is 27.8 Å². The molecule has 3 heterocycles. The molecule has 0 atom stereocenters. The number of aromatic nitrogens is 6. The van der Waals surface area contributed by atoms with Crippen LogP contribution in [-0.2, 0) is 6.54 Å². The van der Waals surface area contributed by atoms with Crippen molar-refractivity contribution in [3.05, 3.63) is 77.7 Å². The number of nitrogen functional groups attached to an aromatic ring is 1. The van der Waals surface area contributed by atoms with E-state index in [1.54, 1.807) is 43.6 Å². The molecule has 0 saturated heterocycles. The van der Waals surface area contributed by atoms with E-state index < -0.39 is 0 Å². The lowest BCUT2D eigenvalue weighted by Crippen LogP contribution is -2.33. The molecule has 0 saturated carbocycles. The Hall–Kier alpha value is -3.98. The van der Waals surface area contributed by atoms with Crippen molar-refractivity contribution in [2.24, 2.45) is 0 Å². The molecule has 5 rings (SSSR count). The van der Waals surface area contributed by atoms with Gasteiger partial charge in [0.15, 0.2) is 23.4 Å². The van der Waals surface area contributed by atoms with E-state index in [-0.39, 0.29) is 5.82 Å². The third-order valence-electron chi connectivity index (χ3n) is 5.16. The van der Waals surface area contributed by atoms with Crippen molar-refractivity contribution < 1.29 is 13.8 Å². The number of halogens is 2. The second-order valence-electron chi connectivity index (χ2n) is 7.13. The molecule has 0 aliphatic rings. The van der Waals surface area contributed by atoms with Crippen LogP contribution >= 0.6 is 11.6 Å². The number of methoxy groups -OCH3 is 1. The van der Waals surface area contributed by atoms with Gasteiger partial charge in [-0.1, -0.05) is 28.4 Å². The second kappa shape index (κ2) is 7.93. The topological polar surface area (TPSA) is 98.5 Å². The number of nitrogens with zero attached hydrogens (tertiary/aromatic N) is 5. The van der Waals surface area contributed by atoms with Gasteiger partial charge in [0, 0.05) is 22.3 Å². The van der Waals surface area contributed by atoms with Crippen molar-refractivity contribution in [2.75, 3.05) is 12.8 Å². The smallest absolute Gasteiger partial charge is 0.191 e. The number of benzene rings is 2. The van der Waals surface area contributed by atoms with Crippen LogP contribution in [0.4, 0.5) is 10.2 Å². The normalized spacial score (nSPS) is 11.2. The summed E-state index contributed by atoms with van der Waals surface area (Å²) in [4.78, 5) is 8.60. The summed E-state index contributed by atoms with van der Waals surface area (Å²) in [5.74, 6) is 0.602. The van der Waals surface area contributed by atoms with Gasteiger partial charge in [-0.25, -0.2) is 14.4 Å². The van der Waals surface area contributed by atoms with Crippen LogP contribution in [0, 0.1) is 5.82 Å². The first kappa shape index (κ1) is 20.0. The van der Waals surface area contributed by atoms with Gasteiger partial charge < -0.3 is 15.0 Å². The minimum atomic E-state index is -0.361. The van der Waals surface area contributed by atoms with E-state index in [1.807, 2.05) is 16.8 Å². The highest BCUT2D eigenvalue weighted by molar-refractivity contribution is 6.30. The highest BCUT2D eigenvalue weighted by Crippen LogP contribution is 2.39. The minimum absolute atomic E-state index is 0.352. The lowest BCUT2D eigenvalue weighted by Gasteiger charge is -2.08. The molecule has 0 aliphatic carbocycles. The summed E-state index contributed by atoms with van der Waals surface area (Å²) in [6.07, 6.45) is 5.08. The zero-order valence-corrected chi connectivity index (χ0v) is 17.7. The summed E-state index contributed by atoms with van der Waals surface area (Å²) in [6.45, 7) is 0.400. The first-order valence-electron chi connectivity index (χ1n) is 9.69. The van der Waals surface area contributed by atoms with Crippen LogP contribution in [0.2, 0.25) is 5.02 Å². The number of hydrogen-bond acceptors (Lipinski definition) is 5. The number of rotatable bonds is 5. The molecule has 0 aliphatic heterocycles. The molecule has 2 aromatic carbocycles. The number of nitrogens with one attached hydrogen (secondary N) is 1. The molecule has 0 amide bonds. The molecule has 0 unspecified atom stereocenters. The van der Waals surface area contributed by atoms with Gasteiger partial charge in [0.1, 0.15) is 23.5 Å². The van der Waals surface area contributed by atoms with Gasteiger partial charge in [-0.2, -0.15) is 0 Å². The monoisotopic (exact) mass is 450 g/mol. The van der Waals surface area contributed by atoms with Gasteiger partial charge in [-0.15, -0.1) is 5.10 Å². The van der Waals surface area contributed by atoms with E-state index in [0.717, 1.165) is 16.8 Å². The Labute approximate surface area is 187 Å². The standard InChI is InChI=1S/C22H17ClFN7O/c1-32-19-8-13(23)6-7-15(19)16-11-30(22-20(16)21(25)26-12-27-22)9-14-10-31(29-28-14)18-5-3-2-4-17(18)24/h2-8,10-12H,9H2,1H3,(H2,25,26,27)/p+1. The van der Waals surface area contributed by atoms with Crippen molar-refractivity contribution in [1.29, 1.82) is 0 Å². The van der Waals surface area contributed by atoms with E-state index >= 15 is 0 Å². The highest BCUT2D eigenvalue weighted by Gasteiger charge is 2.20. The predicted molar refractivity (Wildman–Crippen MR) is 118 cm³/mol. The Balaban J connectivity index is 1.60. The fraction of sp³-hybridized carbons (Fsp3) is 0.0909. The van der Waals surface area contributed by atoms with Crippen molar-refractivity contribution in [3.8, 4) is 22.6 Å². The Morgan fingerprint density at radius 3 is 2.84 bits per heavy atom. The van der Waals surface area contributed by atoms with Crippen LogP contribution in [0.1, 0.15) is 5.69 Å². The quantitative estimate of drug-likeness (QED) is 0.399. The number of nitrogens with two attached hydrogens (primary N) is 1. The van der Waals surface area contributed by atoms with E-state index in [4.69, 9.17) is 22.1 Å². The largest absolute Gasteiger partial charge is 0.496 e. The summed E-state index contributed by atoms with van der Waals surface area (Å²) in [7, 11) is 1.58. The maximum Gasteiger partial charge on any atom is 0.191 e. The summed E-state index contributed by atoms with van der Waals surface area (Å²) in [6, 6.07) is 11.8. The molecular weight excluding hydrogens is 433 g/mol. The van der Waals surface area contributed by atoms with E-state index in [1.165, 1.54) is 17.1 Å². The molecule has 8 nitrogen and oxygen atoms in total. The van der Waals surface area contributed by atoms with Crippen molar-refractivity contribution in [1.82, 2.24) is 24.8 Å². The molecule has 3 N–H and O–H groups in total. The van der Waals surface area contributed by atoms with Crippen LogP contribution in [-0.4, -0.2) is 32.0 Å². The number of ether oxygens (including phenoxy) is 1. The summed E-state index contributed by atoms with van der Waals surface area (Å²) in [5, 5.41) is 8.40. The predicted octanol–water partition coefficient (Wildman–Crippen LogP) is 3.53. The average molecular weight is 451 g/mol. The zero-order chi connectivity index (χ0) is 22.2. The van der Waals surface area contributed by atoms with E-state index in [9.17, 15) is 4.39 Å². The van der Waals surface area contributed by atoms with Gasteiger partial charge in [-0.3, -0.25) is 0 Å². The third-order valence-corrected chi connectivity index (χ3v) is 5.39. The Morgan fingerprint density at radius 2 is 2.03 bits per heavy atom. The lowest BCUT2D eigenvalue weighted by atomic mass is 10.1. The Kier molecular flexibility index (Phi) is 4.95. The first-order valence-corrected chi connectivity index (χ1v) is 10.1. The van der Waals surface area contributed by atoms with Gasteiger partial charge >= 0.3 is 0 Å². The second-order valence-corrected chi connectivity index (χ2v) is 7.57. The molecule has 0 fully saturated rings. The van der Waals surface area contributed by atoms with Crippen LogP contribution in [0.15, 0.2) is 61.2 Å². The molecule has 160 valence electrons. The first-order chi connectivity index (χ1) is 15.5. The van der Waals surface area contributed by atoms with Crippen LogP contribution in [0.5, 0.6) is 5.75 Å². The molecular formula is C22H18ClFN7O+. The molecule has 3 aromatic heterocycles. The van der Waals surface area contributed by atoms with Crippen LogP contribution in [0.3, 0.4) is 0 Å². The number of anilines is 1. The van der Waals surface area contributed by atoms with Crippen molar-refractivity contribution >= 4 is 28.5 Å². The molecule has 10 heteroatoms. The fourth-order valence-corrected chi connectivity index (χ4v) is 3.87. The maximum absolute atomic E-state index is 14.1. The van der Waals surface area contributed by atoms with Gasteiger partial charge in [0.25, 0.3) is 0 Å².